The highest BCUT2D eigenvalue weighted by Crippen LogP contribution is 2.44. The van der Waals surface area contributed by atoms with Crippen molar-refractivity contribution in [2.75, 3.05) is 0 Å². The molecule has 0 aliphatic heterocycles. The third kappa shape index (κ3) is 9.41. The van der Waals surface area contributed by atoms with E-state index in [1.54, 1.807) is 18.9 Å². The first-order chi connectivity index (χ1) is 13.6. The molecule has 0 fully saturated rings. The first-order valence-corrected chi connectivity index (χ1v) is 6.19. The number of ether oxygens (including phenoxy) is 5. The summed E-state index contributed by atoms with van der Waals surface area (Å²) in [5.74, 6) is -4.12. The van der Waals surface area contributed by atoms with Gasteiger partial charge in [0.2, 0.25) is 0 Å². The van der Waals surface area contributed by atoms with Crippen LogP contribution in [-0.4, -0.2) is 43.6 Å². The van der Waals surface area contributed by atoms with Gasteiger partial charge in [-0.1, -0.05) is 0 Å². The van der Waals surface area contributed by atoms with E-state index in [1.807, 2.05) is 0 Å². The summed E-state index contributed by atoms with van der Waals surface area (Å²) in [5, 5.41) is 0. The largest absolute Gasteiger partial charge is 0.498 e. The van der Waals surface area contributed by atoms with Gasteiger partial charge in [0.1, 0.15) is 0 Å². The Morgan fingerprint density at radius 3 is 0.969 bits per heavy atom. The molecule has 0 amide bonds. The summed E-state index contributed by atoms with van der Waals surface area (Å²) >= 11 is 0. The fourth-order valence-corrected chi connectivity index (χ4v) is 1.01. The Balaban J connectivity index is 5.41. The van der Waals surface area contributed by atoms with Crippen LogP contribution in [0.2, 0.25) is 0 Å². The molecule has 0 saturated heterocycles. The van der Waals surface area contributed by atoms with E-state index in [-0.39, 0.29) is 0 Å². The quantitative estimate of drug-likeness (QED) is 0.239. The minimum Gasteiger partial charge on any atom is -0.223 e. The normalized spacial score (nSPS) is 15.2. The zero-order valence-corrected chi connectivity index (χ0v) is 13.3. The second kappa shape index (κ2) is 8.90. The minimum absolute atomic E-state index is 1.51. The maximum Gasteiger partial charge on any atom is 0.498 e. The van der Waals surface area contributed by atoms with Gasteiger partial charge in [-0.2, -0.15) is 43.9 Å². The highest BCUT2D eigenvalue weighted by Gasteiger charge is 2.67. The molecule has 23 heteroatoms. The van der Waals surface area contributed by atoms with Crippen LogP contribution in [0.3, 0.4) is 0 Å². The number of hydrogen-bond donors (Lipinski definition) is 0. The fraction of sp³-hybridized carbons (Fsp3) is 0.778. The van der Waals surface area contributed by atoms with Crippen molar-refractivity contribution in [2.45, 2.75) is 43.6 Å². The van der Waals surface area contributed by atoms with Crippen LogP contribution in [0, 0.1) is 0 Å². The van der Waals surface area contributed by atoms with Crippen molar-refractivity contribution in [3.63, 3.8) is 0 Å². The molecule has 0 bridgehead atoms. The SMILES string of the molecule is FC(F)=C(F)C(F)(F)OC(F)(F)OC(F)(F)OC(F)(F)OC(F)(F)OC(F)(F)C(F)(F)F. The van der Waals surface area contributed by atoms with E-state index in [2.05, 4.69) is 0 Å². The molecule has 0 aromatic rings. The van der Waals surface area contributed by atoms with Crippen LogP contribution in [-0.2, 0) is 23.7 Å². The third-order valence-corrected chi connectivity index (χ3v) is 1.96. The predicted molar refractivity (Wildman–Crippen MR) is 51.5 cm³/mol. The molecule has 0 saturated carbocycles. The monoisotopic (exact) mass is 530 g/mol. The molecular weight excluding hydrogens is 530 g/mol. The van der Waals surface area contributed by atoms with Gasteiger partial charge in [0.05, 0.1) is 0 Å². The van der Waals surface area contributed by atoms with Crippen molar-refractivity contribution in [3.8, 4) is 0 Å². The molecule has 0 aromatic heterocycles. The topological polar surface area (TPSA) is 46.2 Å². The fourth-order valence-electron chi connectivity index (χ4n) is 1.01. The molecule has 32 heavy (non-hydrogen) atoms. The lowest BCUT2D eigenvalue weighted by atomic mass is 10.5. The third-order valence-electron chi connectivity index (χ3n) is 1.96. The molecule has 0 aromatic carbocycles. The summed E-state index contributed by atoms with van der Waals surface area (Å²) in [7, 11) is 0. The van der Waals surface area contributed by atoms with Crippen molar-refractivity contribution < 1.29 is 103 Å². The van der Waals surface area contributed by atoms with Crippen molar-refractivity contribution in [1.82, 2.24) is 0 Å². The van der Waals surface area contributed by atoms with Crippen LogP contribution in [0.25, 0.3) is 0 Å². The number of rotatable bonds is 11. The molecule has 0 spiro atoms. The lowest BCUT2D eigenvalue weighted by Gasteiger charge is -2.29. The Hall–Kier alpha value is -1.72. The summed E-state index contributed by atoms with van der Waals surface area (Å²) in [6, 6.07) is 0. The van der Waals surface area contributed by atoms with Crippen LogP contribution in [0.1, 0.15) is 0 Å². The second-order valence-electron chi connectivity index (χ2n) is 4.47. The van der Waals surface area contributed by atoms with Crippen LogP contribution < -0.4 is 0 Å². The number of halogens is 18. The van der Waals surface area contributed by atoms with E-state index in [9.17, 15) is 79.0 Å². The Morgan fingerprint density at radius 1 is 0.406 bits per heavy atom. The molecule has 5 nitrogen and oxygen atoms in total. The summed E-state index contributed by atoms with van der Waals surface area (Å²) < 4.78 is 230. The van der Waals surface area contributed by atoms with Crippen molar-refractivity contribution >= 4 is 0 Å². The lowest BCUT2D eigenvalue weighted by Crippen LogP contribution is -2.50. The smallest absolute Gasteiger partial charge is 0.223 e. The summed E-state index contributed by atoms with van der Waals surface area (Å²) in [6.45, 7) is 0. The van der Waals surface area contributed by atoms with Gasteiger partial charge < -0.3 is 0 Å². The van der Waals surface area contributed by atoms with Gasteiger partial charge in [0, 0.05) is 0 Å². The molecule has 0 aliphatic carbocycles. The predicted octanol–water partition coefficient (Wildman–Crippen LogP) is 6.10. The van der Waals surface area contributed by atoms with Crippen LogP contribution in [0.4, 0.5) is 79.0 Å². The van der Waals surface area contributed by atoms with Gasteiger partial charge in [-0.15, -0.1) is 35.1 Å². The summed E-state index contributed by atoms with van der Waals surface area (Å²) in [6.07, 6.45) is -51.9. The lowest BCUT2D eigenvalue weighted by molar-refractivity contribution is -0.625. The molecule has 0 unspecified atom stereocenters. The first-order valence-electron chi connectivity index (χ1n) is 6.19. The highest BCUT2D eigenvalue weighted by molar-refractivity contribution is 4.99. The Kier molecular flexibility index (Phi) is 8.43. The van der Waals surface area contributed by atoms with E-state index in [0.29, 0.717) is 0 Å². The summed E-state index contributed by atoms with van der Waals surface area (Å²) in [4.78, 5) is 0. The molecule has 192 valence electrons. The maximum absolute atomic E-state index is 12.8. The molecule has 0 N–H and O–H groups in total. The number of alkyl halides is 15. The van der Waals surface area contributed by atoms with Crippen molar-refractivity contribution in [2.24, 2.45) is 0 Å². The van der Waals surface area contributed by atoms with Gasteiger partial charge in [0.25, 0.3) is 5.83 Å². The van der Waals surface area contributed by atoms with Crippen LogP contribution in [0.15, 0.2) is 11.9 Å². The average molecular weight is 530 g/mol. The number of hydrogen-bond acceptors (Lipinski definition) is 5. The molecule has 0 heterocycles. The minimum atomic E-state index is -7.02. The van der Waals surface area contributed by atoms with Gasteiger partial charge in [0.15, 0.2) is 0 Å². The van der Waals surface area contributed by atoms with Gasteiger partial charge in [-0.05, 0) is 0 Å². The standard InChI is InChI=1S/C9F18O5/c10-1(2(11)12)3(13,14)28-6(20,21)30-8(24,25)32-9(26,27)31-7(22,23)29-5(18,19)4(15,16)17. The van der Waals surface area contributed by atoms with Gasteiger partial charge >= 0.3 is 49.7 Å². The summed E-state index contributed by atoms with van der Waals surface area (Å²) in [5.41, 5.74) is 0. The van der Waals surface area contributed by atoms with Crippen molar-refractivity contribution in [1.29, 1.82) is 0 Å². The van der Waals surface area contributed by atoms with Gasteiger partial charge in [-0.25, -0.2) is 23.7 Å². The molecule has 0 aliphatic rings. The zero-order chi connectivity index (χ0) is 26.2. The average Bonchev–Trinajstić information content (AvgIpc) is 2.37. The zero-order valence-electron chi connectivity index (χ0n) is 13.3. The van der Waals surface area contributed by atoms with E-state index in [1.165, 1.54) is 4.74 Å². The van der Waals surface area contributed by atoms with E-state index in [4.69, 9.17) is 0 Å². The molecule has 0 atom stereocenters. The van der Waals surface area contributed by atoms with Crippen molar-refractivity contribution in [3.05, 3.63) is 11.9 Å². The van der Waals surface area contributed by atoms with E-state index >= 15 is 0 Å². The van der Waals surface area contributed by atoms with Crippen LogP contribution in [0.5, 0.6) is 0 Å². The Bertz CT molecular complexity index is 679. The van der Waals surface area contributed by atoms with Gasteiger partial charge in [-0.3, -0.25) is 0 Å². The highest BCUT2D eigenvalue weighted by atomic mass is 19.4. The van der Waals surface area contributed by atoms with E-state index in [0.717, 1.165) is 0 Å². The Morgan fingerprint density at radius 2 is 0.688 bits per heavy atom. The first kappa shape index (κ1) is 30.3. The van der Waals surface area contributed by atoms with Crippen LogP contribution >= 0.6 is 0 Å². The Labute approximate surface area is 160 Å². The maximum atomic E-state index is 12.8. The second-order valence-corrected chi connectivity index (χ2v) is 4.47. The molecular formula is C9F18O5. The molecule has 0 rings (SSSR count). The van der Waals surface area contributed by atoms with E-state index < -0.39 is 55.5 Å². The molecule has 0 radical (unpaired) electrons.